The molecule has 0 heterocycles. The highest BCUT2D eigenvalue weighted by Gasteiger charge is 2.21. The second kappa shape index (κ2) is 3.77. The Hall–Kier alpha value is -1.39. The molecule has 4 heteroatoms. The van der Waals surface area contributed by atoms with E-state index in [2.05, 4.69) is 4.89 Å². The molecule has 0 atom stereocenters. The molecule has 1 rings (SSSR count). The molecule has 0 aliphatic heterocycles. The Balaban J connectivity index is 2.99. The SMILES string of the molecule is CC(C)(OO)c1ccc(C(=O)O)cc1. The number of aromatic carboxylic acids is 1. The van der Waals surface area contributed by atoms with Crippen molar-refractivity contribution in [1.29, 1.82) is 0 Å². The molecular weight excluding hydrogens is 184 g/mol. The number of carboxylic acid groups (broad SMARTS) is 1. The van der Waals surface area contributed by atoms with Gasteiger partial charge >= 0.3 is 5.97 Å². The van der Waals surface area contributed by atoms with Gasteiger partial charge in [0.2, 0.25) is 0 Å². The van der Waals surface area contributed by atoms with Crippen LogP contribution < -0.4 is 0 Å². The lowest BCUT2D eigenvalue weighted by molar-refractivity contribution is -0.318. The van der Waals surface area contributed by atoms with Crippen LogP contribution in [0.15, 0.2) is 24.3 Å². The Labute approximate surface area is 81.7 Å². The van der Waals surface area contributed by atoms with Gasteiger partial charge in [0.15, 0.2) is 0 Å². The van der Waals surface area contributed by atoms with Crippen molar-refractivity contribution in [2.45, 2.75) is 19.4 Å². The van der Waals surface area contributed by atoms with Gasteiger partial charge in [0, 0.05) is 0 Å². The maximum Gasteiger partial charge on any atom is 0.335 e. The Kier molecular flexibility index (Phi) is 2.88. The molecule has 0 bridgehead atoms. The summed E-state index contributed by atoms with van der Waals surface area (Å²) in [5.41, 5.74) is 0.101. The molecule has 0 saturated heterocycles. The molecule has 4 nitrogen and oxygen atoms in total. The summed E-state index contributed by atoms with van der Waals surface area (Å²) in [5, 5.41) is 17.3. The smallest absolute Gasteiger partial charge is 0.335 e. The number of hydrogen-bond acceptors (Lipinski definition) is 3. The van der Waals surface area contributed by atoms with Crippen molar-refractivity contribution >= 4 is 5.97 Å². The number of carbonyl (C=O) groups is 1. The highest BCUT2D eigenvalue weighted by molar-refractivity contribution is 5.87. The molecule has 0 amide bonds. The van der Waals surface area contributed by atoms with Crippen molar-refractivity contribution in [3.8, 4) is 0 Å². The minimum Gasteiger partial charge on any atom is -0.478 e. The van der Waals surface area contributed by atoms with E-state index >= 15 is 0 Å². The molecule has 0 aromatic heterocycles. The molecule has 0 unspecified atom stereocenters. The average molecular weight is 196 g/mol. The van der Waals surface area contributed by atoms with Gasteiger partial charge in [-0.15, -0.1) is 0 Å². The molecular formula is C10H12O4. The van der Waals surface area contributed by atoms with Gasteiger partial charge in [-0.3, -0.25) is 5.26 Å². The molecule has 0 fully saturated rings. The van der Waals surface area contributed by atoms with Gasteiger partial charge in [-0.25, -0.2) is 9.68 Å². The van der Waals surface area contributed by atoms with E-state index in [1.165, 1.54) is 12.1 Å². The van der Waals surface area contributed by atoms with E-state index in [4.69, 9.17) is 10.4 Å². The summed E-state index contributed by atoms with van der Waals surface area (Å²) in [7, 11) is 0. The molecule has 1 aromatic rings. The Bertz CT molecular complexity index is 326. The van der Waals surface area contributed by atoms with Crippen LogP contribution in [0.2, 0.25) is 0 Å². The van der Waals surface area contributed by atoms with Crippen LogP contribution in [0.4, 0.5) is 0 Å². The molecule has 14 heavy (non-hydrogen) atoms. The van der Waals surface area contributed by atoms with E-state index in [0.29, 0.717) is 5.56 Å². The van der Waals surface area contributed by atoms with E-state index in [1.54, 1.807) is 26.0 Å². The van der Waals surface area contributed by atoms with E-state index in [-0.39, 0.29) is 5.56 Å². The van der Waals surface area contributed by atoms with Crippen molar-refractivity contribution in [2.24, 2.45) is 0 Å². The maximum absolute atomic E-state index is 10.6. The van der Waals surface area contributed by atoms with E-state index in [9.17, 15) is 4.79 Å². The first-order chi connectivity index (χ1) is 6.47. The molecule has 0 saturated carbocycles. The third kappa shape index (κ3) is 2.10. The van der Waals surface area contributed by atoms with Crippen LogP contribution in [0.25, 0.3) is 0 Å². The van der Waals surface area contributed by atoms with Crippen molar-refractivity contribution in [2.75, 3.05) is 0 Å². The number of hydrogen-bond donors (Lipinski definition) is 2. The Morgan fingerprint density at radius 2 is 1.79 bits per heavy atom. The highest BCUT2D eigenvalue weighted by atomic mass is 17.1. The van der Waals surface area contributed by atoms with Crippen LogP contribution in [0, 0.1) is 0 Å². The summed E-state index contributed by atoms with van der Waals surface area (Å²) >= 11 is 0. The zero-order valence-corrected chi connectivity index (χ0v) is 8.02. The van der Waals surface area contributed by atoms with Crippen LogP contribution in [0.1, 0.15) is 29.8 Å². The van der Waals surface area contributed by atoms with Gasteiger partial charge in [0.1, 0.15) is 5.60 Å². The van der Waals surface area contributed by atoms with Gasteiger partial charge in [-0.05, 0) is 31.5 Å². The summed E-state index contributed by atoms with van der Waals surface area (Å²) in [6.45, 7) is 3.37. The van der Waals surface area contributed by atoms with Gasteiger partial charge in [0.05, 0.1) is 5.56 Å². The molecule has 76 valence electrons. The minimum absolute atomic E-state index is 0.211. The van der Waals surface area contributed by atoms with E-state index in [1.807, 2.05) is 0 Å². The molecule has 0 spiro atoms. The first-order valence-electron chi connectivity index (χ1n) is 4.14. The third-order valence-electron chi connectivity index (χ3n) is 2.06. The number of carboxylic acids is 1. The molecule has 0 aliphatic carbocycles. The monoisotopic (exact) mass is 196 g/mol. The van der Waals surface area contributed by atoms with Crippen LogP contribution in [0.3, 0.4) is 0 Å². The van der Waals surface area contributed by atoms with Crippen LogP contribution in [-0.4, -0.2) is 16.3 Å². The van der Waals surface area contributed by atoms with Crippen LogP contribution >= 0.6 is 0 Å². The first kappa shape index (κ1) is 10.7. The summed E-state index contributed by atoms with van der Waals surface area (Å²) in [6.07, 6.45) is 0. The molecule has 2 N–H and O–H groups in total. The predicted octanol–water partition coefficient (Wildman–Crippen LogP) is 2.11. The third-order valence-corrected chi connectivity index (χ3v) is 2.06. The lowest BCUT2D eigenvalue weighted by Crippen LogP contribution is -2.19. The van der Waals surface area contributed by atoms with Gasteiger partial charge < -0.3 is 5.11 Å². The molecule has 0 radical (unpaired) electrons. The second-order valence-corrected chi connectivity index (χ2v) is 3.48. The number of benzene rings is 1. The average Bonchev–Trinajstić information content (AvgIpc) is 2.18. The minimum atomic E-state index is -0.973. The molecule has 0 aliphatic rings. The standard InChI is InChI=1S/C10H12O4/c1-10(2,14-13)8-5-3-7(4-6-8)9(11)12/h3-6,13H,1-2H3,(H,11,12). The van der Waals surface area contributed by atoms with Crippen molar-refractivity contribution in [3.63, 3.8) is 0 Å². The quantitative estimate of drug-likeness (QED) is 0.574. The Morgan fingerprint density at radius 1 is 1.29 bits per heavy atom. The molecule has 1 aromatic carbocycles. The summed E-state index contributed by atoms with van der Waals surface area (Å²) in [5.74, 6) is -0.973. The van der Waals surface area contributed by atoms with Crippen molar-refractivity contribution in [1.82, 2.24) is 0 Å². The number of rotatable bonds is 3. The van der Waals surface area contributed by atoms with Gasteiger partial charge in [0.25, 0.3) is 0 Å². The lowest BCUT2D eigenvalue weighted by Gasteiger charge is -2.20. The van der Waals surface area contributed by atoms with Crippen LogP contribution in [0.5, 0.6) is 0 Å². The fraction of sp³-hybridized carbons (Fsp3) is 0.300. The largest absolute Gasteiger partial charge is 0.478 e. The van der Waals surface area contributed by atoms with E-state index < -0.39 is 11.6 Å². The topological polar surface area (TPSA) is 66.8 Å². The van der Waals surface area contributed by atoms with Crippen molar-refractivity contribution in [3.05, 3.63) is 35.4 Å². The highest BCUT2D eigenvalue weighted by Crippen LogP contribution is 2.23. The maximum atomic E-state index is 10.6. The van der Waals surface area contributed by atoms with E-state index in [0.717, 1.165) is 0 Å². The second-order valence-electron chi connectivity index (χ2n) is 3.48. The normalized spacial score (nSPS) is 11.4. The van der Waals surface area contributed by atoms with Crippen molar-refractivity contribution < 1.29 is 20.0 Å². The van der Waals surface area contributed by atoms with Gasteiger partial charge in [-0.2, -0.15) is 0 Å². The Morgan fingerprint density at radius 3 is 2.14 bits per heavy atom. The summed E-state index contributed by atoms with van der Waals surface area (Å²) in [4.78, 5) is 14.8. The summed E-state index contributed by atoms with van der Waals surface area (Å²) in [6, 6.07) is 6.16. The predicted molar refractivity (Wildman–Crippen MR) is 50.1 cm³/mol. The first-order valence-corrected chi connectivity index (χ1v) is 4.14. The van der Waals surface area contributed by atoms with Crippen LogP contribution in [-0.2, 0) is 10.5 Å². The zero-order valence-electron chi connectivity index (χ0n) is 8.02. The lowest BCUT2D eigenvalue weighted by atomic mass is 9.97. The summed E-state index contributed by atoms with van der Waals surface area (Å²) < 4.78 is 0. The van der Waals surface area contributed by atoms with Gasteiger partial charge in [-0.1, -0.05) is 12.1 Å². The zero-order chi connectivity index (χ0) is 10.8. The fourth-order valence-corrected chi connectivity index (χ4v) is 1.07. The fourth-order valence-electron chi connectivity index (χ4n) is 1.07.